The van der Waals surface area contributed by atoms with Crippen molar-refractivity contribution in [3.05, 3.63) is 58.6 Å². The topological polar surface area (TPSA) is 18.5 Å². The first-order valence-electron chi connectivity index (χ1n) is 5.50. The molecule has 0 atom stereocenters. The fourth-order valence-corrected chi connectivity index (χ4v) is 1.70. The first-order valence-corrected chi connectivity index (χ1v) is 5.88. The highest BCUT2D eigenvalue weighted by molar-refractivity contribution is 6.30. The molecule has 0 N–H and O–H groups in total. The van der Waals surface area contributed by atoms with Gasteiger partial charge in [0.25, 0.3) is 0 Å². The van der Waals surface area contributed by atoms with Gasteiger partial charge in [-0.2, -0.15) is 0 Å². The summed E-state index contributed by atoms with van der Waals surface area (Å²) in [5.74, 6) is -0.374. The zero-order valence-corrected chi connectivity index (χ0v) is 10.9. The van der Waals surface area contributed by atoms with Crippen molar-refractivity contribution < 1.29 is 18.3 Å². The normalized spacial score (nSPS) is 10.3. The van der Waals surface area contributed by atoms with Gasteiger partial charge in [-0.25, -0.2) is 8.78 Å². The highest BCUT2D eigenvalue weighted by atomic mass is 35.5. The van der Waals surface area contributed by atoms with Crippen molar-refractivity contribution in [2.75, 3.05) is 7.11 Å². The number of benzene rings is 2. The SMILES string of the molecule is COc1ccc(COc2ccc(F)c(Cl)c2)cc1F. The Morgan fingerprint density at radius 1 is 1.05 bits per heavy atom. The summed E-state index contributed by atoms with van der Waals surface area (Å²) in [5, 5.41) is -0.0154. The predicted molar refractivity (Wildman–Crippen MR) is 68.7 cm³/mol. The van der Waals surface area contributed by atoms with Gasteiger partial charge >= 0.3 is 0 Å². The van der Waals surface area contributed by atoms with Gasteiger partial charge in [0, 0.05) is 6.07 Å². The summed E-state index contributed by atoms with van der Waals surface area (Å²) in [5.41, 5.74) is 0.638. The van der Waals surface area contributed by atoms with E-state index in [0.717, 1.165) is 0 Å². The molecule has 0 aliphatic rings. The molecule has 2 rings (SSSR count). The van der Waals surface area contributed by atoms with Crippen LogP contribution in [0.1, 0.15) is 5.56 Å². The number of methoxy groups -OCH3 is 1. The summed E-state index contributed by atoms with van der Waals surface area (Å²) in [4.78, 5) is 0. The lowest BCUT2D eigenvalue weighted by Crippen LogP contribution is -1.97. The van der Waals surface area contributed by atoms with Gasteiger partial charge in [0.05, 0.1) is 12.1 Å². The Kier molecular flexibility index (Phi) is 4.22. The van der Waals surface area contributed by atoms with Gasteiger partial charge < -0.3 is 9.47 Å². The average Bonchev–Trinajstić information content (AvgIpc) is 2.40. The van der Waals surface area contributed by atoms with Crippen LogP contribution < -0.4 is 9.47 Å². The second-order valence-electron chi connectivity index (χ2n) is 3.83. The van der Waals surface area contributed by atoms with Crippen LogP contribution in [0.15, 0.2) is 36.4 Å². The molecule has 0 amide bonds. The van der Waals surface area contributed by atoms with E-state index in [2.05, 4.69) is 0 Å². The van der Waals surface area contributed by atoms with E-state index in [9.17, 15) is 8.78 Å². The van der Waals surface area contributed by atoms with Gasteiger partial charge in [0.15, 0.2) is 11.6 Å². The van der Waals surface area contributed by atoms with Gasteiger partial charge in [-0.15, -0.1) is 0 Å². The summed E-state index contributed by atoms with van der Waals surface area (Å²) >= 11 is 5.63. The lowest BCUT2D eigenvalue weighted by Gasteiger charge is -2.08. The minimum Gasteiger partial charge on any atom is -0.494 e. The second kappa shape index (κ2) is 5.89. The minimum absolute atomic E-state index is 0.0154. The highest BCUT2D eigenvalue weighted by Crippen LogP contribution is 2.23. The molecular formula is C14H11ClF2O2. The molecule has 0 saturated heterocycles. The molecule has 0 spiro atoms. The van der Waals surface area contributed by atoms with E-state index >= 15 is 0 Å². The number of rotatable bonds is 4. The van der Waals surface area contributed by atoms with Crippen LogP contribution >= 0.6 is 11.6 Å². The second-order valence-corrected chi connectivity index (χ2v) is 4.24. The lowest BCUT2D eigenvalue weighted by molar-refractivity contribution is 0.304. The van der Waals surface area contributed by atoms with Crippen molar-refractivity contribution in [3.8, 4) is 11.5 Å². The van der Waals surface area contributed by atoms with Gasteiger partial charge in [-0.3, -0.25) is 0 Å². The molecule has 0 radical (unpaired) electrons. The Hall–Kier alpha value is -1.81. The Morgan fingerprint density at radius 3 is 2.47 bits per heavy atom. The molecule has 0 saturated carbocycles. The van der Waals surface area contributed by atoms with Crippen molar-refractivity contribution in [2.24, 2.45) is 0 Å². The Labute approximate surface area is 114 Å². The molecule has 2 aromatic carbocycles. The van der Waals surface area contributed by atoms with E-state index in [1.165, 1.54) is 37.4 Å². The molecule has 2 nitrogen and oxygen atoms in total. The van der Waals surface area contributed by atoms with Crippen molar-refractivity contribution in [1.82, 2.24) is 0 Å². The summed E-state index contributed by atoms with van der Waals surface area (Å²) in [7, 11) is 1.40. The number of halogens is 3. The standard InChI is InChI=1S/C14H11ClF2O2/c1-18-14-5-2-9(6-13(14)17)8-19-10-3-4-12(16)11(15)7-10/h2-7H,8H2,1H3. The first-order chi connectivity index (χ1) is 9.10. The Bertz CT molecular complexity index is 588. The van der Waals surface area contributed by atoms with Crippen LogP contribution in [-0.2, 0) is 6.61 Å². The monoisotopic (exact) mass is 284 g/mol. The first kappa shape index (κ1) is 13.6. The molecular weight excluding hydrogens is 274 g/mol. The minimum atomic E-state index is -0.510. The van der Waals surface area contributed by atoms with E-state index in [4.69, 9.17) is 21.1 Å². The number of hydrogen-bond acceptors (Lipinski definition) is 2. The quantitative estimate of drug-likeness (QED) is 0.837. The molecule has 100 valence electrons. The van der Waals surface area contributed by atoms with Gasteiger partial charge in [0.1, 0.15) is 18.2 Å². The highest BCUT2D eigenvalue weighted by Gasteiger charge is 2.05. The van der Waals surface area contributed by atoms with Crippen LogP contribution in [0.2, 0.25) is 5.02 Å². The maximum absolute atomic E-state index is 13.4. The summed E-state index contributed by atoms with van der Waals surface area (Å²) in [6.45, 7) is 0.156. The smallest absolute Gasteiger partial charge is 0.165 e. The fraction of sp³-hybridized carbons (Fsp3) is 0.143. The summed E-state index contributed by atoms with van der Waals surface area (Å²) in [6, 6.07) is 8.58. The predicted octanol–water partition coefficient (Wildman–Crippen LogP) is 4.21. The molecule has 0 fully saturated rings. The molecule has 0 aromatic heterocycles. The zero-order valence-electron chi connectivity index (χ0n) is 10.1. The van der Waals surface area contributed by atoms with Crippen molar-refractivity contribution in [1.29, 1.82) is 0 Å². The maximum atomic E-state index is 13.4. The van der Waals surface area contributed by atoms with E-state index < -0.39 is 11.6 Å². The molecule has 0 bridgehead atoms. The number of ether oxygens (including phenoxy) is 2. The number of hydrogen-bond donors (Lipinski definition) is 0. The van der Waals surface area contributed by atoms with Gasteiger partial charge in [-0.05, 0) is 29.8 Å². The molecule has 0 aliphatic carbocycles. The van der Waals surface area contributed by atoms with Crippen LogP contribution in [0.3, 0.4) is 0 Å². The molecule has 19 heavy (non-hydrogen) atoms. The van der Waals surface area contributed by atoms with E-state index in [1.807, 2.05) is 0 Å². The van der Waals surface area contributed by atoms with Crippen molar-refractivity contribution in [3.63, 3.8) is 0 Å². The molecule has 0 unspecified atom stereocenters. The lowest BCUT2D eigenvalue weighted by atomic mass is 10.2. The fourth-order valence-electron chi connectivity index (χ4n) is 1.53. The van der Waals surface area contributed by atoms with Crippen LogP contribution in [0.5, 0.6) is 11.5 Å². The molecule has 0 heterocycles. The van der Waals surface area contributed by atoms with Gasteiger partial charge in [-0.1, -0.05) is 17.7 Å². The maximum Gasteiger partial charge on any atom is 0.165 e. The Morgan fingerprint density at radius 2 is 1.84 bits per heavy atom. The molecule has 0 aliphatic heterocycles. The van der Waals surface area contributed by atoms with E-state index in [1.54, 1.807) is 6.07 Å². The van der Waals surface area contributed by atoms with Crippen molar-refractivity contribution in [2.45, 2.75) is 6.61 Å². The van der Waals surface area contributed by atoms with E-state index in [-0.39, 0.29) is 17.4 Å². The van der Waals surface area contributed by atoms with Gasteiger partial charge in [0.2, 0.25) is 0 Å². The summed E-state index contributed by atoms with van der Waals surface area (Å²) < 4.78 is 36.6. The molecule has 2 aromatic rings. The average molecular weight is 285 g/mol. The van der Waals surface area contributed by atoms with Crippen LogP contribution in [0, 0.1) is 11.6 Å². The van der Waals surface area contributed by atoms with E-state index in [0.29, 0.717) is 11.3 Å². The van der Waals surface area contributed by atoms with Crippen molar-refractivity contribution >= 4 is 11.6 Å². The molecule has 5 heteroatoms. The summed E-state index contributed by atoms with van der Waals surface area (Å²) in [6.07, 6.45) is 0. The van der Waals surface area contributed by atoms with Crippen LogP contribution in [-0.4, -0.2) is 7.11 Å². The zero-order chi connectivity index (χ0) is 13.8. The largest absolute Gasteiger partial charge is 0.494 e. The van der Waals surface area contributed by atoms with Crippen LogP contribution in [0.4, 0.5) is 8.78 Å². The Balaban J connectivity index is 2.05. The third-order valence-corrected chi connectivity index (χ3v) is 2.80. The third kappa shape index (κ3) is 3.35. The third-order valence-electron chi connectivity index (χ3n) is 2.51. The van der Waals surface area contributed by atoms with Crippen LogP contribution in [0.25, 0.3) is 0 Å².